The molecule has 0 bridgehead atoms. The first-order chi connectivity index (χ1) is 13.1. The van der Waals surface area contributed by atoms with Crippen molar-refractivity contribution >= 4 is 39.2 Å². The number of aryl methyl sites for hydroxylation is 1. The smallest absolute Gasteiger partial charge is 0.358 e. The summed E-state index contributed by atoms with van der Waals surface area (Å²) >= 11 is 3.11. The summed E-state index contributed by atoms with van der Waals surface area (Å²) in [7, 11) is 0. The Morgan fingerprint density at radius 3 is 2.57 bits per heavy atom. The minimum Gasteiger partial charge on any atom is -0.358 e. The van der Waals surface area contributed by atoms with Crippen molar-refractivity contribution in [3.63, 3.8) is 0 Å². The topological polar surface area (TPSA) is 137 Å². The molecule has 0 radical (unpaired) electrons. The van der Waals surface area contributed by atoms with Gasteiger partial charge >= 0.3 is 5.82 Å². The van der Waals surface area contributed by atoms with Crippen molar-refractivity contribution in [3.8, 4) is 0 Å². The molecule has 2 amide bonds. The van der Waals surface area contributed by atoms with Crippen LogP contribution in [0.5, 0.6) is 0 Å². The van der Waals surface area contributed by atoms with Gasteiger partial charge in [0.05, 0.1) is 16.5 Å². The molecule has 11 nitrogen and oxygen atoms in total. The molecule has 0 aliphatic carbocycles. The number of nitro groups is 1. The average molecular weight is 456 g/mol. The number of aromatic nitrogens is 4. The van der Waals surface area contributed by atoms with Gasteiger partial charge in [-0.3, -0.25) is 14.3 Å². The Balaban J connectivity index is 2.18. The molecule has 0 fully saturated rings. The second kappa shape index (κ2) is 8.95. The van der Waals surface area contributed by atoms with E-state index < -0.39 is 10.8 Å². The van der Waals surface area contributed by atoms with E-state index in [9.17, 15) is 19.7 Å². The van der Waals surface area contributed by atoms with Crippen LogP contribution in [-0.4, -0.2) is 42.8 Å². The number of hydrogen-bond acceptors (Lipinski definition) is 6. The normalized spacial score (nSPS) is 10.9. The molecule has 0 unspecified atom stereocenters. The monoisotopic (exact) mass is 455 g/mol. The van der Waals surface area contributed by atoms with Gasteiger partial charge < -0.3 is 20.7 Å². The Kier molecular flexibility index (Phi) is 6.89. The molecule has 0 saturated heterocycles. The summed E-state index contributed by atoms with van der Waals surface area (Å²) in [6.07, 6.45) is 1.57. The lowest BCUT2D eigenvalue weighted by atomic mass is 10.2. The maximum absolute atomic E-state index is 12.4. The number of hydrogen-bond donors (Lipinski definition) is 2. The van der Waals surface area contributed by atoms with Gasteiger partial charge in [-0.1, -0.05) is 13.8 Å². The highest BCUT2D eigenvalue weighted by atomic mass is 79.9. The lowest BCUT2D eigenvalue weighted by molar-refractivity contribution is -0.390. The van der Waals surface area contributed by atoms with Crippen LogP contribution in [0.3, 0.4) is 0 Å². The van der Waals surface area contributed by atoms with E-state index in [4.69, 9.17) is 0 Å². The number of nitrogens with zero attached hydrogens (tertiary/aromatic N) is 5. The van der Waals surface area contributed by atoms with E-state index in [2.05, 4.69) is 36.8 Å². The minimum atomic E-state index is -0.631. The zero-order valence-corrected chi connectivity index (χ0v) is 17.6. The molecule has 0 aliphatic heterocycles. The molecule has 0 aliphatic rings. The lowest BCUT2D eigenvalue weighted by Gasteiger charge is -2.08. The van der Waals surface area contributed by atoms with Gasteiger partial charge in [0.2, 0.25) is 5.91 Å². The minimum absolute atomic E-state index is 0.111. The molecule has 0 aromatic carbocycles. The molecule has 2 aromatic rings. The van der Waals surface area contributed by atoms with Crippen molar-refractivity contribution in [2.24, 2.45) is 5.92 Å². The van der Waals surface area contributed by atoms with Gasteiger partial charge in [-0.15, -0.1) is 0 Å². The predicted molar refractivity (Wildman–Crippen MR) is 105 cm³/mol. The molecule has 0 atom stereocenters. The van der Waals surface area contributed by atoms with Crippen LogP contribution in [0.15, 0.2) is 10.7 Å². The van der Waals surface area contributed by atoms with Crippen molar-refractivity contribution in [2.45, 2.75) is 40.8 Å². The largest absolute Gasteiger partial charge is 0.404 e. The van der Waals surface area contributed by atoms with Crippen LogP contribution in [0.2, 0.25) is 0 Å². The third kappa shape index (κ3) is 4.94. The van der Waals surface area contributed by atoms with Crippen LogP contribution in [-0.2, 0) is 17.9 Å². The zero-order valence-electron chi connectivity index (χ0n) is 16.0. The Morgan fingerprint density at radius 1 is 1.36 bits per heavy atom. The first-order valence-electron chi connectivity index (χ1n) is 8.66. The summed E-state index contributed by atoms with van der Waals surface area (Å²) in [6.45, 7) is 8.17. The number of carbonyl (C=O) groups excluding carboxylic acids is 2. The van der Waals surface area contributed by atoms with E-state index in [1.54, 1.807) is 17.8 Å². The number of carbonyl (C=O) groups is 2. The molecular weight excluding hydrogens is 434 g/mol. The maximum atomic E-state index is 12.4. The molecule has 0 saturated carbocycles. The predicted octanol–water partition coefficient (Wildman–Crippen LogP) is 2.10. The summed E-state index contributed by atoms with van der Waals surface area (Å²) in [4.78, 5) is 35.2. The first kappa shape index (κ1) is 21.5. The van der Waals surface area contributed by atoms with E-state index in [1.165, 1.54) is 4.68 Å². The molecule has 0 spiro atoms. The number of halogens is 1. The van der Waals surface area contributed by atoms with Crippen molar-refractivity contribution < 1.29 is 14.5 Å². The van der Waals surface area contributed by atoms with E-state index in [0.29, 0.717) is 18.8 Å². The SMILES string of the molecule is CCn1cc(NC(=O)Cn2nc([N+](=O)[O-])c(Br)c2C)c(C(=O)NCC(C)C)n1. The molecule has 152 valence electrons. The van der Waals surface area contributed by atoms with Gasteiger partial charge in [0, 0.05) is 19.3 Å². The molecular formula is C16H22BrN7O4. The Hall–Kier alpha value is -2.76. The highest BCUT2D eigenvalue weighted by Gasteiger charge is 2.25. The first-order valence-corrected chi connectivity index (χ1v) is 9.46. The van der Waals surface area contributed by atoms with E-state index in [0.717, 1.165) is 0 Å². The van der Waals surface area contributed by atoms with Crippen LogP contribution in [0.25, 0.3) is 0 Å². The highest BCUT2D eigenvalue weighted by Crippen LogP contribution is 2.27. The lowest BCUT2D eigenvalue weighted by Crippen LogP contribution is -2.29. The van der Waals surface area contributed by atoms with Crippen molar-refractivity contribution in [1.82, 2.24) is 24.9 Å². The van der Waals surface area contributed by atoms with Gasteiger partial charge in [-0.2, -0.15) is 9.78 Å². The zero-order chi connectivity index (χ0) is 21.0. The third-order valence-corrected chi connectivity index (χ3v) is 4.76. The van der Waals surface area contributed by atoms with Crippen LogP contribution in [0.4, 0.5) is 11.5 Å². The summed E-state index contributed by atoms with van der Waals surface area (Å²) in [5.41, 5.74) is 0.827. The summed E-state index contributed by atoms with van der Waals surface area (Å²) < 4.78 is 2.98. The fraction of sp³-hybridized carbons (Fsp3) is 0.500. The van der Waals surface area contributed by atoms with Gasteiger partial charge in [-0.05, 0) is 40.6 Å². The van der Waals surface area contributed by atoms with Crippen LogP contribution in [0.1, 0.15) is 37.0 Å². The van der Waals surface area contributed by atoms with Crippen molar-refractivity contribution in [3.05, 3.63) is 32.2 Å². The Morgan fingerprint density at radius 2 is 2.04 bits per heavy atom. The van der Waals surface area contributed by atoms with Crippen molar-refractivity contribution in [2.75, 3.05) is 11.9 Å². The van der Waals surface area contributed by atoms with E-state index in [-0.39, 0.29) is 40.0 Å². The fourth-order valence-electron chi connectivity index (χ4n) is 2.33. The number of amides is 2. The van der Waals surface area contributed by atoms with Crippen LogP contribution >= 0.6 is 15.9 Å². The summed E-state index contributed by atoms with van der Waals surface area (Å²) in [6, 6.07) is 0. The maximum Gasteiger partial charge on any atom is 0.404 e. The van der Waals surface area contributed by atoms with E-state index >= 15 is 0 Å². The third-order valence-electron chi connectivity index (χ3n) is 3.83. The molecule has 2 N–H and O–H groups in total. The highest BCUT2D eigenvalue weighted by molar-refractivity contribution is 9.10. The summed E-state index contributed by atoms with van der Waals surface area (Å²) in [5.74, 6) is -0.962. The average Bonchev–Trinajstić information content (AvgIpc) is 3.15. The molecule has 2 heterocycles. The molecule has 2 aromatic heterocycles. The van der Waals surface area contributed by atoms with Crippen molar-refractivity contribution in [1.29, 1.82) is 0 Å². The molecule has 12 heteroatoms. The number of anilines is 1. The van der Waals surface area contributed by atoms with Gasteiger partial charge in [0.15, 0.2) is 5.69 Å². The van der Waals surface area contributed by atoms with E-state index in [1.807, 2.05) is 20.8 Å². The standard InChI is InChI=1S/C16H22BrN7O4/c1-5-22-7-11(14(20-22)16(26)18-6-9(2)3)19-12(25)8-23-10(4)13(17)15(21-23)24(27)28/h7,9H,5-6,8H2,1-4H3,(H,18,26)(H,19,25). The van der Waals surface area contributed by atoms with Crippen LogP contribution in [0, 0.1) is 23.0 Å². The second-order valence-corrected chi connectivity index (χ2v) is 7.33. The van der Waals surface area contributed by atoms with Gasteiger partial charge in [0.25, 0.3) is 5.91 Å². The van der Waals surface area contributed by atoms with Gasteiger partial charge in [0.1, 0.15) is 11.0 Å². The molecule has 28 heavy (non-hydrogen) atoms. The Labute approximate surface area is 169 Å². The quantitative estimate of drug-likeness (QED) is 0.461. The summed E-state index contributed by atoms with van der Waals surface area (Å²) in [5, 5.41) is 24.4. The number of nitrogens with one attached hydrogen (secondary N) is 2. The van der Waals surface area contributed by atoms with Gasteiger partial charge in [-0.25, -0.2) is 0 Å². The van der Waals surface area contributed by atoms with Crippen LogP contribution < -0.4 is 10.6 Å². The number of rotatable bonds is 8. The fourth-order valence-corrected chi connectivity index (χ4v) is 2.76. The Bertz CT molecular complexity index is 903. The molecule has 2 rings (SSSR count). The second-order valence-electron chi connectivity index (χ2n) is 6.54.